The van der Waals surface area contributed by atoms with Crippen molar-refractivity contribution >= 4 is 0 Å². The smallest absolute Gasteiger partial charge is 0.106 e. The second kappa shape index (κ2) is 5.39. The molecular weight excluding hydrogens is 228 g/mol. The molecule has 3 rings (SSSR count). The van der Waals surface area contributed by atoms with E-state index in [4.69, 9.17) is 9.47 Å². The highest BCUT2D eigenvalue weighted by Crippen LogP contribution is 2.33. The molecule has 1 saturated heterocycles. The molecule has 2 aliphatic rings. The number of rotatable bonds is 3. The molecule has 3 unspecified atom stereocenters. The maximum Gasteiger partial charge on any atom is 0.106 e. The van der Waals surface area contributed by atoms with E-state index in [-0.39, 0.29) is 12.2 Å². The minimum absolute atomic E-state index is 0.104. The maximum absolute atomic E-state index is 10.2. The van der Waals surface area contributed by atoms with E-state index < -0.39 is 6.10 Å². The van der Waals surface area contributed by atoms with Crippen molar-refractivity contribution in [3.63, 3.8) is 0 Å². The third-order valence-corrected chi connectivity index (χ3v) is 3.92. The van der Waals surface area contributed by atoms with Crippen molar-refractivity contribution in [1.82, 2.24) is 0 Å². The summed E-state index contributed by atoms with van der Waals surface area (Å²) in [5.74, 6) is 0. The van der Waals surface area contributed by atoms with Gasteiger partial charge in [-0.25, -0.2) is 0 Å². The Bertz CT molecular complexity index is 398. The standard InChI is InChI=1S/C15H20O3/c16-15-13-7-2-1-5-11(13)9-14(15)18-10-12-6-3-4-8-17-12/h1-2,5,7,12,14-16H,3-4,6,8-10H2. The summed E-state index contributed by atoms with van der Waals surface area (Å²) in [4.78, 5) is 0. The van der Waals surface area contributed by atoms with Crippen LogP contribution in [0, 0.1) is 0 Å². The molecular formula is C15H20O3. The molecule has 0 spiro atoms. The largest absolute Gasteiger partial charge is 0.386 e. The molecule has 98 valence electrons. The second-order valence-electron chi connectivity index (χ2n) is 5.21. The van der Waals surface area contributed by atoms with Crippen LogP contribution in [0.1, 0.15) is 36.5 Å². The maximum atomic E-state index is 10.2. The van der Waals surface area contributed by atoms with Gasteiger partial charge in [0.1, 0.15) is 6.10 Å². The average Bonchev–Trinajstić information content (AvgIpc) is 2.75. The lowest BCUT2D eigenvalue weighted by molar-refractivity contribution is -0.0891. The molecule has 1 fully saturated rings. The first-order valence-electron chi connectivity index (χ1n) is 6.83. The van der Waals surface area contributed by atoms with Crippen molar-refractivity contribution in [3.05, 3.63) is 35.4 Å². The van der Waals surface area contributed by atoms with Crippen molar-refractivity contribution in [2.75, 3.05) is 13.2 Å². The molecule has 1 aromatic carbocycles. The Hall–Kier alpha value is -0.900. The van der Waals surface area contributed by atoms with Gasteiger partial charge in [-0.15, -0.1) is 0 Å². The zero-order valence-corrected chi connectivity index (χ0v) is 10.5. The van der Waals surface area contributed by atoms with E-state index in [1.165, 1.54) is 12.0 Å². The fourth-order valence-electron chi connectivity index (χ4n) is 2.86. The third kappa shape index (κ3) is 2.44. The number of fused-ring (bicyclic) bond motifs is 1. The Morgan fingerprint density at radius 1 is 1.28 bits per heavy atom. The molecule has 3 atom stereocenters. The predicted octanol–water partition coefficient (Wildman–Crippen LogP) is 2.23. The highest BCUT2D eigenvalue weighted by atomic mass is 16.5. The van der Waals surface area contributed by atoms with E-state index in [9.17, 15) is 5.11 Å². The van der Waals surface area contributed by atoms with Gasteiger partial charge in [0.2, 0.25) is 0 Å². The molecule has 1 aliphatic heterocycles. The minimum atomic E-state index is -0.482. The van der Waals surface area contributed by atoms with Crippen LogP contribution in [0.2, 0.25) is 0 Å². The molecule has 0 bridgehead atoms. The fourth-order valence-corrected chi connectivity index (χ4v) is 2.86. The van der Waals surface area contributed by atoms with Crippen molar-refractivity contribution in [2.45, 2.75) is 44.0 Å². The molecule has 1 heterocycles. The molecule has 3 nitrogen and oxygen atoms in total. The molecule has 0 radical (unpaired) electrons. The van der Waals surface area contributed by atoms with Gasteiger partial charge in [-0.05, 0) is 30.4 Å². The summed E-state index contributed by atoms with van der Waals surface area (Å²) < 4.78 is 11.5. The van der Waals surface area contributed by atoms with Gasteiger partial charge in [-0.2, -0.15) is 0 Å². The normalized spacial score (nSPS) is 31.3. The first-order valence-corrected chi connectivity index (χ1v) is 6.83. The number of ether oxygens (including phenoxy) is 2. The monoisotopic (exact) mass is 248 g/mol. The van der Waals surface area contributed by atoms with Crippen molar-refractivity contribution in [1.29, 1.82) is 0 Å². The molecule has 18 heavy (non-hydrogen) atoms. The summed E-state index contributed by atoms with van der Waals surface area (Å²) >= 11 is 0. The van der Waals surface area contributed by atoms with Crippen LogP contribution in [-0.4, -0.2) is 30.5 Å². The summed E-state index contributed by atoms with van der Waals surface area (Å²) in [6.07, 6.45) is 3.90. The van der Waals surface area contributed by atoms with Gasteiger partial charge in [-0.3, -0.25) is 0 Å². The number of aliphatic hydroxyl groups excluding tert-OH is 1. The topological polar surface area (TPSA) is 38.7 Å². The molecule has 0 saturated carbocycles. The first-order chi connectivity index (χ1) is 8.84. The SMILES string of the molecule is OC1c2ccccc2CC1OCC1CCCCO1. The van der Waals surface area contributed by atoms with Crippen LogP contribution in [0.4, 0.5) is 0 Å². The molecule has 1 aromatic rings. The van der Waals surface area contributed by atoms with Crippen molar-refractivity contribution < 1.29 is 14.6 Å². The van der Waals surface area contributed by atoms with Crippen LogP contribution >= 0.6 is 0 Å². The second-order valence-corrected chi connectivity index (χ2v) is 5.21. The highest BCUT2D eigenvalue weighted by Gasteiger charge is 2.32. The Morgan fingerprint density at radius 3 is 2.94 bits per heavy atom. The zero-order valence-electron chi connectivity index (χ0n) is 10.5. The molecule has 0 amide bonds. The molecule has 1 aliphatic carbocycles. The van der Waals surface area contributed by atoms with Crippen LogP contribution in [0.25, 0.3) is 0 Å². The molecule has 0 aromatic heterocycles. The Balaban J connectivity index is 1.56. The summed E-state index contributed by atoms with van der Waals surface area (Å²) in [5.41, 5.74) is 2.23. The fraction of sp³-hybridized carbons (Fsp3) is 0.600. The van der Waals surface area contributed by atoms with E-state index >= 15 is 0 Å². The van der Waals surface area contributed by atoms with Crippen LogP contribution < -0.4 is 0 Å². The molecule has 3 heteroatoms. The Morgan fingerprint density at radius 2 is 2.17 bits per heavy atom. The van der Waals surface area contributed by atoms with E-state index in [1.54, 1.807) is 0 Å². The van der Waals surface area contributed by atoms with Crippen molar-refractivity contribution in [3.8, 4) is 0 Å². The zero-order chi connectivity index (χ0) is 12.4. The van der Waals surface area contributed by atoms with Crippen LogP contribution in [0.15, 0.2) is 24.3 Å². The Labute approximate surface area is 108 Å². The van der Waals surface area contributed by atoms with E-state index in [2.05, 4.69) is 6.07 Å². The van der Waals surface area contributed by atoms with E-state index in [0.717, 1.165) is 31.4 Å². The van der Waals surface area contributed by atoms with Gasteiger partial charge in [0, 0.05) is 13.0 Å². The predicted molar refractivity (Wildman–Crippen MR) is 68.4 cm³/mol. The summed E-state index contributed by atoms with van der Waals surface area (Å²) in [6.45, 7) is 1.46. The van der Waals surface area contributed by atoms with Gasteiger partial charge in [0.15, 0.2) is 0 Å². The van der Waals surface area contributed by atoms with Crippen LogP contribution in [-0.2, 0) is 15.9 Å². The third-order valence-electron chi connectivity index (χ3n) is 3.92. The number of hydrogen-bond donors (Lipinski definition) is 1. The number of aliphatic hydroxyl groups is 1. The lowest BCUT2D eigenvalue weighted by Gasteiger charge is -2.25. The molecule has 1 N–H and O–H groups in total. The quantitative estimate of drug-likeness (QED) is 0.891. The number of hydrogen-bond acceptors (Lipinski definition) is 3. The van der Waals surface area contributed by atoms with E-state index in [1.807, 2.05) is 18.2 Å². The van der Waals surface area contributed by atoms with Gasteiger partial charge >= 0.3 is 0 Å². The van der Waals surface area contributed by atoms with Gasteiger partial charge < -0.3 is 14.6 Å². The van der Waals surface area contributed by atoms with Gasteiger partial charge in [-0.1, -0.05) is 24.3 Å². The van der Waals surface area contributed by atoms with Crippen LogP contribution in [0.5, 0.6) is 0 Å². The van der Waals surface area contributed by atoms with Gasteiger partial charge in [0.25, 0.3) is 0 Å². The number of benzene rings is 1. The summed E-state index contributed by atoms with van der Waals surface area (Å²) in [5, 5.41) is 10.2. The Kier molecular flexibility index (Phi) is 3.64. The van der Waals surface area contributed by atoms with Crippen LogP contribution in [0.3, 0.4) is 0 Å². The average molecular weight is 248 g/mol. The summed E-state index contributed by atoms with van der Waals surface area (Å²) in [7, 11) is 0. The first kappa shape index (κ1) is 12.2. The minimum Gasteiger partial charge on any atom is -0.386 e. The summed E-state index contributed by atoms with van der Waals surface area (Å²) in [6, 6.07) is 8.03. The van der Waals surface area contributed by atoms with Crippen molar-refractivity contribution in [2.24, 2.45) is 0 Å². The van der Waals surface area contributed by atoms with Gasteiger partial charge in [0.05, 0.1) is 18.8 Å². The van der Waals surface area contributed by atoms with E-state index in [0.29, 0.717) is 6.61 Å². The highest BCUT2D eigenvalue weighted by molar-refractivity contribution is 5.35. The lowest BCUT2D eigenvalue weighted by Crippen LogP contribution is -2.29. The lowest BCUT2D eigenvalue weighted by atomic mass is 10.1.